The third kappa shape index (κ3) is 3.95. The van der Waals surface area contributed by atoms with Crippen LogP contribution in [0.25, 0.3) is 0 Å². The molecule has 0 aliphatic heterocycles. The van der Waals surface area contributed by atoms with Crippen molar-refractivity contribution in [3.8, 4) is 0 Å². The van der Waals surface area contributed by atoms with Crippen LogP contribution in [0.4, 0.5) is 0 Å². The Hall–Kier alpha value is -1.06. The lowest BCUT2D eigenvalue weighted by atomic mass is 9.89. The summed E-state index contributed by atoms with van der Waals surface area (Å²) in [6.45, 7) is 5.72. The number of hydrogen-bond acceptors (Lipinski definition) is 3. The van der Waals surface area contributed by atoms with E-state index in [9.17, 15) is 9.59 Å². The van der Waals surface area contributed by atoms with Gasteiger partial charge in [-0.1, -0.05) is 13.3 Å². The molecule has 2 rings (SSSR count). The molecule has 3 unspecified atom stereocenters. The van der Waals surface area contributed by atoms with E-state index in [1.54, 1.807) is 0 Å². The summed E-state index contributed by atoms with van der Waals surface area (Å²) < 4.78 is 4.57. The topological polar surface area (TPSA) is 63.6 Å². The number of hydrogen-bond donors (Lipinski definition) is 1. The van der Waals surface area contributed by atoms with Crippen LogP contribution in [0, 0.1) is 23.2 Å². The number of carboxylic acids is 1. The summed E-state index contributed by atoms with van der Waals surface area (Å²) in [5.74, 6) is 0.601. The van der Waals surface area contributed by atoms with Gasteiger partial charge in [0, 0.05) is 0 Å². The maximum absolute atomic E-state index is 10.8. The van der Waals surface area contributed by atoms with Crippen LogP contribution >= 0.6 is 0 Å². The van der Waals surface area contributed by atoms with Gasteiger partial charge in [0.1, 0.15) is 0 Å². The molecule has 2 aliphatic carbocycles. The molecule has 2 bridgehead atoms. The normalized spacial score (nSPS) is 28.5. The predicted molar refractivity (Wildman–Crippen MR) is 72.7 cm³/mol. The molecule has 3 atom stereocenters. The number of methoxy groups -OCH3 is 1. The van der Waals surface area contributed by atoms with Crippen LogP contribution in [0.2, 0.25) is 0 Å². The van der Waals surface area contributed by atoms with Crippen LogP contribution in [0.1, 0.15) is 52.9 Å². The second-order valence-electron chi connectivity index (χ2n) is 6.35. The lowest BCUT2D eigenvalue weighted by Gasteiger charge is -2.17. The molecule has 1 N–H and O–H groups in total. The molecule has 4 nitrogen and oxygen atoms in total. The van der Waals surface area contributed by atoms with Gasteiger partial charge in [0.25, 0.3) is 0 Å². The summed E-state index contributed by atoms with van der Waals surface area (Å²) in [6.07, 6.45) is 5.42. The molecular formula is C15H26O4. The lowest BCUT2D eigenvalue weighted by Crippen LogP contribution is -2.24. The summed E-state index contributed by atoms with van der Waals surface area (Å²) in [4.78, 5) is 21.4. The van der Waals surface area contributed by atoms with E-state index < -0.39 is 5.97 Å². The molecule has 4 heteroatoms. The van der Waals surface area contributed by atoms with Gasteiger partial charge in [-0.15, -0.1) is 0 Å². The Morgan fingerprint density at radius 3 is 2.11 bits per heavy atom. The van der Waals surface area contributed by atoms with E-state index in [-0.39, 0.29) is 17.3 Å². The highest BCUT2D eigenvalue weighted by Gasteiger charge is 2.42. The molecular weight excluding hydrogens is 244 g/mol. The van der Waals surface area contributed by atoms with Crippen molar-refractivity contribution in [2.45, 2.75) is 52.9 Å². The molecule has 2 aliphatic rings. The van der Waals surface area contributed by atoms with E-state index in [1.807, 2.05) is 20.8 Å². The molecule has 19 heavy (non-hydrogen) atoms. The highest BCUT2D eigenvalue weighted by Crippen LogP contribution is 2.48. The summed E-state index contributed by atoms with van der Waals surface area (Å²) in [6, 6.07) is 0. The van der Waals surface area contributed by atoms with Gasteiger partial charge >= 0.3 is 11.9 Å². The van der Waals surface area contributed by atoms with Crippen LogP contribution in [-0.2, 0) is 14.3 Å². The number of fused-ring (bicyclic) bond motifs is 2. The van der Waals surface area contributed by atoms with Gasteiger partial charge in [-0.3, -0.25) is 9.59 Å². The average molecular weight is 270 g/mol. The van der Waals surface area contributed by atoms with E-state index in [4.69, 9.17) is 5.11 Å². The predicted octanol–water partition coefficient (Wildman–Crippen LogP) is 3.10. The highest BCUT2D eigenvalue weighted by molar-refractivity contribution is 5.75. The van der Waals surface area contributed by atoms with Crippen LogP contribution in [0.3, 0.4) is 0 Å². The van der Waals surface area contributed by atoms with E-state index in [1.165, 1.54) is 26.4 Å². The zero-order chi connectivity index (χ0) is 14.6. The fourth-order valence-electron chi connectivity index (χ4n) is 2.97. The second-order valence-corrected chi connectivity index (χ2v) is 6.35. The van der Waals surface area contributed by atoms with Gasteiger partial charge in [-0.05, 0) is 51.4 Å². The zero-order valence-corrected chi connectivity index (χ0v) is 12.4. The maximum atomic E-state index is 10.8. The summed E-state index contributed by atoms with van der Waals surface area (Å²) in [7, 11) is 1.42. The zero-order valence-electron chi connectivity index (χ0n) is 12.4. The molecule has 0 spiro atoms. The minimum absolute atomic E-state index is 0.0127. The Bertz CT molecular complexity index is 335. The van der Waals surface area contributed by atoms with Crippen LogP contribution < -0.4 is 0 Å². The smallest absolute Gasteiger partial charge is 0.311 e. The summed E-state index contributed by atoms with van der Waals surface area (Å²) >= 11 is 0. The van der Waals surface area contributed by atoms with Crippen LogP contribution in [0.15, 0.2) is 0 Å². The van der Waals surface area contributed by atoms with Crippen molar-refractivity contribution < 1.29 is 19.4 Å². The maximum Gasteiger partial charge on any atom is 0.311 e. The van der Waals surface area contributed by atoms with Crippen molar-refractivity contribution in [2.24, 2.45) is 23.2 Å². The highest BCUT2D eigenvalue weighted by atomic mass is 16.5. The van der Waals surface area contributed by atoms with E-state index in [0.717, 1.165) is 18.8 Å². The molecule has 0 heterocycles. The van der Waals surface area contributed by atoms with Crippen molar-refractivity contribution in [3.63, 3.8) is 0 Å². The number of carboxylic acid groups (broad SMARTS) is 1. The first-order valence-corrected chi connectivity index (χ1v) is 7.13. The fraction of sp³-hybridized carbons (Fsp3) is 0.867. The van der Waals surface area contributed by atoms with E-state index in [0.29, 0.717) is 5.92 Å². The quantitative estimate of drug-likeness (QED) is 0.800. The molecule has 0 amide bonds. The van der Waals surface area contributed by atoms with Gasteiger partial charge in [-0.2, -0.15) is 0 Å². The first-order chi connectivity index (χ1) is 8.81. The van der Waals surface area contributed by atoms with Gasteiger partial charge < -0.3 is 9.84 Å². The van der Waals surface area contributed by atoms with Gasteiger partial charge in [0.15, 0.2) is 0 Å². The largest absolute Gasteiger partial charge is 0.481 e. The lowest BCUT2D eigenvalue weighted by molar-refractivity contribution is -0.150. The molecule has 0 radical (unpaired) electrons. The minimum Gasteiger partial charge on any atom is -0.481 e. The van der Waals surface area contributed by atoms with Gasteiger partial charge in [-0.25, -0.2) is 0 Å². The Kier molecular flexibility index (Phi) is 5.39. The average Bonchev–Trinajstić information content (AvgIpc) is 3.00. The molecule has 2 fully saturated rings. The molecule has 110 valence electrons. The number of esters is 1. The van der Waals surface area contributed by atoms with Crippen molar-refractivity contribution in [1.29, 1.82) is 0 Å². The van der Waals surface area contributed by atoms with E-state index in [2.05, 4.69) is 4.74 Å². The minimum atomic E-state index is -0.563. The number of carbonyl (C=O) groups excluding carboxylic acids is 1. The molecule has 0 saturated heterocycles. The third-order valence-electron chi connectivity index (χ3n) is 4.68. The van der Waals surface area contributed by atoms with Crippen LogP contribution in [0.5, 0.6) is 0 Å². The number of aliphatic carboxylic acids is 1. The van der Waals surface area contributed by atoms with Gasteiger partial charge in [0.05, 0.1) is 18.4 Å². The Balaban J connectivity index is 0.000000192. The Morgan fingerprint density at radius 2 is 1.89 bits per heavy atom. The number of carbonyl (C=O) groups is 2. The SMILES string of the molecule is CCC(C)(C)C(=O)OC.O=C(O)C1CC2CCC1C2. The van der Waals surface area contributed by atoms with Crippen LogP contribution in [-0.4, -0.2) is 24.2 Å². The molecule has 0 aromatic rings. The Labute approximate surface area is 115 Å². The standard InChI is InChI=1S/C8H12O2.C7H14O2/c9-8(10)7-4-5-1-2-6(7)3-5;1-5-7(2,3)6(8)9-4/h5-7H,1-4H2,(H,9,10);5H2,1-4H3. The van der Waals surface area contributed by atoms with E-state index >= 15 is 0 Å². The van der Waals surface area contributed by atoms with Crippen molar-refractivity contribution in [2.75, 3.05) is 7.11 Å². The first kappa shape index (κ1) is 16.0. The summed E-state index contributed by atoms with van der Waals surface area (Å²) in [5, 5.41) is 8.74. The van der Waals surface area contributed by atoms with Crippen molar-refractivity contribution in [3.05, 3.63) is 0 Å². The molecule has 2 saturated carbocycles. The third-order valence-corrected chi connectivity index (χ3v) is 4.68. The molecule has 0 aromatic carbocycles. The van der Waals surface area contributed by atoms with Crippen molar-refractivity contribution in [1.82, 2.24) is 0 Å². The summed E-state index contributed by atoms with van der Waals surface area (Å²) in [5.41, 5.74) is -0.311. The van der Waals surface area contributed by atoms with Gasteiger partial charge in [0.2, 0.25) is 0 Å². The fourth-order valence-corrected chi connectivity index (χ4v) is 2.97. The monoisotopic (exact) mass is 270 g/mol. The number of ether oxygens (including phenoxy) is 1. The van der Waals surface area contributed by atoms with Crippen molar-refractivity contribution >= 4 is 11.9 Å². The number of rotatable bonds is 3. The first-order valence-electron chi connectivity index (χ1n) is 7.13. The second kappa shape index (κ2) is 6.40. The molecule has 0 aromatic heterocycles. The Morgan fingerprint density at radius 1 is 1.26 bits per heavy atom.